The quantitative estimate of drug-likeness (QED) is 0.844. The molecule has 0 aliphatic carbocycles. The summed E-state index contributed by atoms with van der Waals surface area (Å²) in [5, 5.41) is 3.41. The van der Waals surface area contributed by atoms with Gasteiger partial charge in [0, 0.05) is 30.9 Å². The second-order valence-electron chi connectivity index (χ2n) is 4.92. The molecule has 1 N–H and O–H groups in total. The van der Waals surface area contributed by atoms with Crippen molar-refractivity contribution in [3.05, 3.63) is 27.9 Å². The van der Waals surface area contributed by atoms with E-state index in [9.17, 15) is 4.79 Å². The van der Waals surface area contributed by atoms with Crippen LogP contribution in [-0.2, 0) is 6.54 Å². The highest BCUT2D eigenvalue weighted by molar-refractivity contribution is 5.01. The third-order valence-electron chi connectivity index (χ3n) is 3.13. The molecule has 4 nitrogen and oxygen atoms in total. The minimum Gasteiger partial charge on any atom is -0.312 e. The number of rotatable bonds is 5. The Morgan fingerprint density at radius 2 is 2.00 bits per heavy atom. The van der Waals surface area contributed by atoms with E-state index in [1.807, 2.05) is 13.8 Å². The smallest absolute Gasteiger partial charge is 0.253 e. The molecule has 0 fully saturated rings. The Kier molecular flexibility index (Phi) is 4.87. The fourth-order valence-corrected chi connectivity index (χ4v) is 1.68. The second-order valence-corrected chi connectivity index (χ2v) is 4.92. The molecule has 96 valence electrons. The molecule has 0 radical (unpaired) electrons. The topological polar surface area (TPSA) is 46.9 Å². The van der Waals surface area contributed by atoms with Gasteiger partial charge in [0.15, 0.2) is 0 Å². The zero-order valence-corrected chi connectivity index (χ0v) is 11.4. The molecule has 0 amide bonds. The maximum absolute atomic E-state index is 11.8. The van der Waals surface area contributed by atoms with E-state index in [4.69, 9.17) is 0 Å². The molecule has 0 saturated carbocycles. The van der Waals surface area contributed by atoms with Gasteiger partial charge in [0.2, 0.25) is 0 Å². The summed E-state index contributed by atoms with van der Waals surface area (Å²) >= 11 is 0. The lowest BCUT2D eigenvalue weighted by atomic mass is 10.1. The van der Waals surface area contributed by atoms with E-state index in [0.29, 0.717) is 18.5 Å². The first-order valence-electron chi connectivity index (χ1n) is 6.20. The van der Waals surface area contributed by atoms with E-state index in [0.717, 1.165) is 18.1 Å². The van der Waals surface area contributed by atoms with Crippen LogP contribution in [0.5, 0.6) is 0 Å². The highest BCUT2D eigenvalue weighted by Crippen LogP contribution is 1.99. The largest absolute Gasteiger partial charge is 0.312 e. The van der Waals surface area contributed by atoms with Crippen LogP contribution in [0, 0.1) is 19.8 Å². The van der Waals surface area contributed by atoms with Gasteiger partial charge in [0.1, 0.15) is 5.82 Å². The molecule has 17 heavy (non-hydrogen) atoms. The minimum absolute atomic E-state index is 0.0361. The Balaban J connectivity index is 2.61. The van der Waals surface area contributed by atoms with Crippen LogP contribution in [0.25, 0.3) is 0 Å². The zero-order valence-electron chi connectivity index (χ0n) is 11.4. The Morgan fingerprint density at radius 1 is 1.35 bits per heavy atom. The van der Waals surface area contributed by atoms with E-state index in [1.165, 1.54) is 0 Å². The predicted molar refractivity (Wildman–Crippen MR) is 70.3 cm³/mol. The van der Waals surface area contributed by atoms with Gasteiger partial charge in [-0.3, -0.25) is 9.36 Å². The predicted octanol–water partition coefficient (Wildman–Crippen LogP) is 1.49. The molecule has 0 aromatic carbocycles. The Morgan fingerprint density at radius 3 is 2.53 bits per heavy atom. The molecular weight excluding hydrogens is 214 g/mol. The first-order chi connectivity index (χ1) is 7.91. The van der Waals surface area contributed by atoms with Gasteiger partial charge in [-0.2, -0.15) is 0 Å². The van der Waals surface area contributed by atoms with Gasteiger partial charge in [-0.15, -0.1) is 0 Å². The van der Waals surface area contributed by atoms with Gasteiger partial charge in [0.25, 0.3) is 5.56 Å². The normalized spacial score (nSPS) is 13.1. The molecule has 1 unspecified atom stereocenters. The monoisotopic (exact) mass is 237 g/mol. The van der Waals surface area contributed by atoms with Crippen molar-refractivity contribution in [1.29, 1.82) is 0 Å². The number of aryl methyl sites for hydroxylation is 2. The van der Waals surface area contributed by atoms with E-state index in [2.05, 4.69) is 31.1 Å². The number of aromatic nitrogens is 2. The Hall–Kier alpha value is -1.16. The fourth-order valence-electron chi connectivity index (χ4n) is 1.68. The first-order valence-corrected chi connectivity index (χ1v) is 6.20. The van der Waals surface area contributed by atoms with Gasteiger partial charge < -0.3 is 5.32 Å². The van der Waals surface area contributed by atoms with Gasteiger partial charge in [0.05, 0.1) is 0 Å². The first kappa shape index (κ1) is 13.9. The number of nitrogens with zero attached hydrogens (tertiary/aromatic N) is 2. The summed E-state index contributed by atoms with van der Waals surface area (Å²) in [7, 11) is 0. The van der Waals surface area contributed by atoms with E-state index >= 15 is 0 Å². The summed E-state index contributed by atoms with van der Waals surface area (Å²) in [5.41, 5.74) is 0.821. The number of hydrogen-bond acceptors (Lipinski definition) is 3. The third kappa shape index (κ3) is 3.97. The van der Waals surface area contributed by atoms with Crippen LogP contribution < -0.4 is 10.9 Å². The molecule has 0 aliphatic heterocycles. The highest BCUT2D eigenvalue weighted by Gasteiger charge is 2.07. The van der Waals surface area contributed by atoms with Crippen molar-refractivity contribution in [1.82, 2.24) is 14.9 Å². The fraction of sp³-hybridized carbons (Fsp3) is 0.692. The average molecular weight is 237 g/mol. The zero-order chi connectivity index (χ0) is 13.0. The van der Waals surface area contributed by atoms with Crippen LogP contribution in [0.4, 0.5) is 0 Å². The van der Waals surface area contributed by atoms with Gasteiger partial charge in [-0.25, -0.2) is 4.98 Å². The number of hydrogen-bond donors (Lipinski definition) is 1. The summed E-state index contributed by atoms with van der Waals surface area (Å²) in [6, 6.07) is 2.04. The van der Waals surface area contributed by atoms with Gasteiger partial charge in [-0.1, -0.05) is 13.8 Å². The standard InChI is InChI=1S/C13H23N3O/c1-9(2)11(4)14-6-7-16-12(5)15-10(3)8-13(16)17/h8-9,11,14H,6-7H2,1-5H3. The van der Waals surface area contributed by atoms with Crippen LogP contribution in [0.15, 0.2) is 10.9 Å². The van der Waals surface area contributed by atoms with Crippen LogP contribution in [0.2, 0.25) is 0 Å². The molecule has 4 heteroatoms. The summed E-state index contributed by atoms with van der Waals surface area (Å²) in [5.74, 6) is 1.39. The molecule has 1 heterocycles. The molecule has 0 saturated heterocycles. The minimum atomic E-state index is 0.0361. The van der Waals surface area contributed by atoms with Crippen LogP contribution in [0.3, 0.4) is 0 Å². The maximum Gasteiger partial charge on any atom is 0.253 e. The Bertz CT molecular complexity index is 423. The van der Waals surface area contributed by atoms with Gasteiger partial charge >= 0.3 is 0 Å². The van der Waals surface area contributed by atoms with Crippen molar-refractivity contribution >= 4 is 0 Å². The van der Waals surface area contributed by atoms with Crippen molar-refractivity contribution in [2.24, 2.45) is 5.92 Å². The lowest BCUT2D eigenvalue weighted by Crippen LogP contribution is -2.35. The lowest BCUT2D eigenvalue weighted by Gasteiger charge is -2.18. The molecule has 1 aromatic heterocycles. The van der Waals surface area contributed by atoms with Crippen molar-refractivity contribution in [3.8, 4) is 0 Å². The molecule has 1 atom stereocenters. The van der Waals surface area contributed by atoms with E-state index < -0.39 is 0 Å². The molecule has 0 bridgehead atoms. The second kappa shape index (κ2) is 5.96. The Labute approximate surface area is 103 Å². The summed E-state index contributed by atoms with van der Waals surface area (Å²) < 4.78 is 1.72. The van der Waals surface area contributed by atoms with Crippen molar-refractivity contribution < 1.29 is 0 Å². The summed E-state index contributed by atoms with van der Waals surface area (Å²) in [4.78, 5) is 16.1. The van der Waals surface area contributed by atoms with Crippen LogP contribution >= 0.6 is 0 Å². The average Bonchev–Trinajstić information content (AvgIpc) is 2.21. The van der Waals surface area contributed by atoms with Crippen molar-refractivity contribution in [3.63, 3.8) is 0 Å². The molecule has 0 spiro atoms. The third-order valence-corrected chi connectivity index (χ3v) is 3.13. The SMILES string of the molecule is Cc1cc(=O)n(CCNC(C)C(C)C)c(C)n1. The van der Waals surface area contributed by atoms with Crippen molar-refractivity contribution in [2.45, 2.75) is 47.2 Å². The van der Waals surface area contributed by atoms with Crippen LogP contribution in [0.1, 0.15) is 32.3 Å². The molecular formula is C13H23N3O. The molecule has 1 aromatic rings. The van der Waals surface area contributed by atoms with E-state index in [-0.39, 0.29) is 5.56 Å². The van der Waals surface area contributed by atoms with E-state index in [1.54, 1.807) is 10.6 Å². The molecule has 1 rings (SSSR count). The van der Waals surface area contributed by atoms with Crippen molar-refractivity contribution in [2.75, 3.05) is 6.54 Å². The number of nitrogens with one attached hydrogen (secondary N) is 1. The maximum atomic E-state index is 11.8. The lowest BCUT2D eigenvalue weighted by molar-refractivity contribution is 0.412. The van der Waals surface area contributed by atoms with Gasteiger partial charge in [-0.05, 0) is 26.7 Å². The highest BCUT2D eigenvalue weighted by atomic mass is 16.1. The summed E-state index contributed by atoms with van der Waals surface area (Å²) in [6.07, 6.45) is 0. The molecule has 0 aliphatic rings. The van der Waals surface area contributed by atoms with Crippen LogP contribution in [-0.4, -0.2) is 22.1 Å². The summed E-state index contributed by atoms with van der Waals surface area (Å²) in [6.45, 7) is 11.7.